The Hall–Kier alpha value is -2.12. The standard InChI is InChI=1S/C14H16N2O5/c17-9-10-1-2-12-11(7-10)16(14(19)21-12)8-13(18)15-3-5-20-6-4-15/h1-2,7,17H,3-6,8-9H2. The Morgan fingerprint density at radius 2 is 2.05 bits per heavy atom. The number of morpholine rings is 1. The van der Waals surface area contributed by atoms with Crippen molar-refractivity contribution in [2.75, 3.05) is 26.3 Å². The Morgan fingerprint density at radius 3 is 2.76 bits per heavy atom. The van der Waals surface area contributed by atoms with Gasteiger partial charge in [0.2, 0.25) is 5.91 Å². The number of rotatable bonds is 3. The molecule has 0 radical (unpaired) electrons. The Kier molecular flexibility index (Phi) is 3.76. The third-order valence-corrected chi connectivity index (χ3v) is 3.57. The van der Waals surface area contributed by atoms with Crippen molar-refractivity contribution in [2.24, 2.45) is 0 Å². The van der Waals surface area contributed by atoms with Crippen molar-refractivity contribution in [2.45, 2.75) is 13.2 Å². The lowest BCUT2D eigenvalue weighted by atomic mass is 10.2. The van der Waals surface area contributed by atoms with Crippen LogP contribution in [0.1, 0.15) is 5.56 Å². The van der Waals surface area contributed by atoms with Gasteiger partial charge in [-0.05, 0) is 17.7 Å². The van der Waals surface area contributed by atoms with Gasteiger partial charge in [0, 0.05) is 13.1 Å². The van der Waals surface area contributed by atoms with Gasteiger partial charge in [-0.25, -0.2) is 4.79 Å². The number of oxazole rings is 1. The molecule has 0 atom stereocenters. The highest BCUT2D eigenvalue weighted by Crippen LogP contribution is 2.15. The first kappa shape index (κ1) is 13.8. The van der Waals surface area contributed by atoms with Crippen LogP contribution in [0.5, 0.6) is 0 Å². The van der Waals surface area contributed by atoms with E-state index in [9.17, 15) is 14.7 Å². The number of nitrogens with zero attached hydrogens (tertiary/aromatic N) is 2. The predicted molar refractivity (Wildman–Crippen MR) is 73.8 cm³/mol. The average molecular weight is 292 g/mol. The zero-order valence-corrected chi connectivity index (χ0v) is 11.4. The third kappa shape index (κ3) is 2.70. The molecule has 0 bridgehead atoms. The number of benzene rings is 1. The molecule has 0 aliphatic carbocycles. The molecule has 0 unspecified atom stereocenters. The summed E-state index contributed by atoms with van der Waals surface area (Å²) in [5.41, 5.74) is 1.59. The number of amides is 1. The molecule has 1 amide bonds. The summed E-state index contributed by atoms with van der Waals surface area (Å²) in [4.78, 5) is 25.8. The van der Waals surface area contributed by atoms with Gasteiger partial charge in [0.1, 0.15) is 6.54 Å². The molecular formula is C14H16N2O5. The maximum atomic E-state index is 12.2. The first-order chi connectivity index (χ1) is 10.2. The summed E-state index contributed by atoms with van der Waals surface area (Å²) < 4.78 is 11.6. The zero-order chi connectivity index (χ0) is 14.8. The van der Waals surface area contributed by atoms with Crippen LogP contribution in [0.15, 0.2) is 27.4 Å². The number of ether oxygens (including phenoxy) is 1. The van der Waals surface area contributed by atoms with Gasteiger partial charge in [0.25, 0.3) is 0 Å². The van der Waals surface area contributed by atoms with Crippen LogP contribution in [0, 0.1) is 0 Å². The van der Waals surface area contributed by atoms with Crippen LogP contribution in [-0.4, -0.2) is 46.8 Å². The molecule has 2 heterocycles. The van der Waals surface area contributed by atoms with Gasteiger partial charge in [0.15, 0.2) is 5.58 Å². The van der Waals surface area contributed by atoms with Crippen LogP contribution in [-0.2, 0) is 22.7 Å². The molecule has 21 heavy (non-hydrogen) atoms. The van der Waals surface area contributed by atoms with E-state index in [0.29, 0.717) is 43.0 Å². The van der Waals surface area contributed by atoms with Crippen molar-refractivity contribution in [1.82, 2.24) is 9.47 Å². The van der Waals surface area contributed by atoms with Gasteiger partial charge in [0.05, 0.1) is 25.3 Å². The van der Waals surface area contributed by atoms with Crippen molar-refractivity contribution in [1.29, 1.82) is 0 Å². The normalized spacial score (nSPS) is 15.6. The SMILES string of the molecule is O=C(Cn1c(=O)oc2ccc(CO)cc21)N1CCOCC1. The molecule has 1 aliphatic heterocycles. The number of hydrogen-bond donors (Lipinski definition) is 1. The quantitative estimate of drug-likeness (QED) is 0.857. The summed E-state index contributed by atoms with van der Waals surface area (Å²) in [7, 11) is 0. The molecule has 7 heteroatoms. The second kappa shape index (κ2) is 5.71. The number of aliphatic hydroxyl groups is 1. The van der Waals surface area contributed by atoms with Gasteiger partial charge in [-0.1, -0.05) is 6.07 Å². The molecule has 2 aromatic rings. The molecule has 1 saturated heterocycles. The molecular weight excluding hydrogens is 276 g/mol. The summed E-state index contributed by atoms with van der Waals surface area (Å²) in [6.45, 7) is 1.90. The summed E-state index contributed by atoms with van der Waals surface area (Å²) >= 11 is 0. The van der Waals surface area contributed by atoms with Crippen LogP contribution in [0.4, 0.5) is 0 Å². The van der Waals surface area contributed by atoms with Crippen LogP contribution in [0.25, 0.3) is 11.1 Å². The highest BCUT2D eigenvalue weighted by molar-refractivity contribution is 5.80. The van der Waals surface area contributed by atoms with Crippen LogP contribution < -0.4 is 5.76 Å². The molecule has 3 rings (SSSR count). The summed E-state index contributed by atoms with van der Waals surface area (Å²) in [5.74, 6) is -0.709. The summed E-state index contributed by atoms with van der Waals surface area (Å²) in [6, 6.07) is 4.96. The first-order valence-corrected chi connectivity index (χ1v) is 6.77. The molecule has 0 saturated carbocycles. The van der Waals surface area contributed by atoms with E-state index in [0.717, 1.165) is 0 Å². The molecule has 1 aliphatic rings. The lowest BCUT2D eigenvalue weighted by Gasteiger charge is -2.26. The minimum atomic E-state index is -0.568. The van der Waals surface area contributed by atoms with E-state index in [4.69, 9.17) is 9.15 Å². The third-order valence-electron chi connectivity index (χ3n) is 3.57. The fourth-order valence-electron chi connectivity index (χ4n) is 2.40. The Morgan fingerprint density at radius 1 is 1.29 bits per heavy atom. The smallest absolute Gasteiger partial charge is 0.408 e. The number of carbonyl (C=O) groups is 1. The molecule has 0 spiro atoms. The van der Waals surface area contributed by atoms with E-state index in [1.807, 2.05) is 0 Å². The van der Waals surface area contributed by atoms with Gasteiger partial charge >= 0.3 is 5.76 Å². The Labute approximate surface area is 120 Å². The van der Waals surface area contributed by atoms with E-state index in [1.54, 1.807) is 23.1 Å². The van der Waals surface area contributed by atoms with Gasteiger partial charge in [-0.2, -0.15) is 0 Å². The highest BCUT2D eigenvalue weighted by atomic mass is 16.5. The van der Waals surface area contributed by atoms with Crippen molar-refractivity contribution >= 4 is 17.0 Å². The van der Waals surface area contributed by atoms with Crippen molar-refractivity contribution < 1.29 is 19.1 Å². The zero-order valence-electron chi connectivity index (χ0n) is 11.4. The maximum Gasteiger partial charge on any atom is 0.420 e. The minimum absolute atomic E-state index is 0.0687. The molecule has 1 aromatic heterocycles. The van der Waals surface area contributed by atoms with Gasteiger partial charge < -0.3 is 19.2 Å². The summed E-state index contributed by atoms with van der Waals surface area (Å²) in [5, 5.41) is 9.17. The lowest BCUT2D eigenvalue weighted by molar-refractivity contribution is -0.135. The second-order valence-electron chi connectivity index (χ2n) is 4.91. The molecule has 1 fully saturated rings. The van der Waals surface area contributed by atoms with E-state index in [-0.39, 0.29) is 19.1 Å². The van der Waals surface area contributed by atoms with Crippen LogP contribution in [0.2, 0.25) is 0 Å². The second-order valence-corrected chi connectivity index (χ2v) is 4.91. The van der Waals surface area contributed by atoms with E-state index < -0.39 is 5.76 Å². The van der Waals surface area contributed by atoms with Crippen molar-refractivity contribution in [3.05, 3.63) is 34.3 Å². The number of carbonyl (C=O) groups excluding carboxylic acids is 1. The number of aliphatic hydroxyl groups excluding tert-OH is 1. The van der Waals surface area contributed by atoms with Crippen LogP contribution >= 0.6 is 0 Å². The number of fused-ring (bicyclic) bond motifs is 1. The summed E-state index contributed by atoms with van der Waals surface area (Å²) in [6.07, 6.45) is 0. The first-order valence-electron chi connectivity index (χ1n) is 6.77. The lowest BCUT2D eigenvalue weighted by Crippen LogP contribution is -2.43. The van der Waals surface area contributed by atoms with Crippen molar-refractivity contribution in [3.8, 4) is 0 Å². The Balaban J connectivity index is 1.90. The monoisotopic (exact) mass is 292 g/mol. The van der Waals surface area contributed by atoms with Crippen molar-refractivity contribution in [3.63, 3.8) is 0 Å². The predicted octanol–water partition coefficient (Wildman–Crippen LogP) is -0.0544. The largest absolute Gasteiger partial charge is 0.420 e. The molecule has 7 nitrogen and oxygen atoms in total. The van der Waals surface area contributed by atoms with Gasteiger partial charge in [-0.15, -0.1) is 0 Å². The van der Waals surface area contributed by atoms with E-state index in [1.165, 1.54) is 4.57 Å². The fourth-order valence-corrected chi connectivity index (χ4v) is 2.40. The Bertz CT molecular complexity index is 712. The highest BCUT2D eigenvalue weighted by Gasteiger charge is 2.20. The van der Waals surface area contributed by atoms with Crippen LogP contribution in [0.3, 0.4) is 0 Å². The maximum absolute atomic E-state index is 12.2. The van der Waals surface area contributed by atoms with E-state index in [2.05, 4.69) is 0 Å². The van der Waals surface area contributed by atoms with E-state index >= 15 is 0 Å². The fraction of sp³-hybridized carbons (Fsp3) is 0.429. The van der Waals surface area contributed by atoms with Gasteiger partial charge in [-0.3, -0.25) is 9.36 Å². The number of aromatic nitrogens is 1. The average Bonchev–Trinajstić information content (AvgIpc) is 2.83. The number of hydrogen-bond acceptors (Lipinski definition) is 5. The molecule has 1 N–H and O–H groups in total. The topological polar surface area (TPSA) is 84.9 Å². The minimum Gasteiger partial charge on any atom is -0.408 e. The molecule has 1 aromatic carbocycles. The molecule has 112 valence electrons.